The number of Topliss-reactive ketones (excluding diaryl/α,β-unsaturated/α-hetero) is 1. The van der Waals surface area contributed by atoms with Crippen LogP contribution in [0.1, 0.15) is 28.9 Å². The highest BCUT2D eigenvalue weighted by Gasteiger charge is 2.42. The van der Waals surface area contributed by atoms with Crippen LogP contribution in [-0.4, -0.2) is 29.5 Å². The molecule has 3 heterocycles. The third kappa shape index (κ3) is 2.55. The van der Waals surface area contributed by atoms with Gasteiger partial charge in [-0.15, -0.1) is 11.3 Å². The Morgan fingerprint density at radius 1 is 1.50 bits per heavy atom. The summed E-state index contributed by atoms with van der Waals surface area (Å²) in [6, 6.07) is 3.89. The van der Waals surface area contributed by atoms with Crippen molar-refractivity contribution in [1.29, 1.82) is 0 Å². The molecule has 0 saturated carbocycles. The third-order valence-corrected chi connectivity index (χ3v) is 6.61. The molecule has 2 unspecified atom stereocenters. The summed E-state index contributed by atoms with van der Waals surface area (Å²) in [5, 5.41) is 0. The first-order valence-corrected chi connectivity index (χ1v) is 8.96. The number of ether oxygens (including phenoxy) is 1. The van der Waals surface area contributed by atoms with E-state index in [0.717, 1.165) is 40.3 Å². The lowest BCUT2D eigenvalue weighted by molar-refractivity contribution is -0.0734. The average Bonchev–Trinajstić information content (AvgIpc) is 2.98. The molecular weight excluding hydrogens is 332 g/mol. The summed E-state index contributed by atoms with van der Waals surface area (Å²) in [6.45, 7) is 0.740. The van der Waals surface area contributed by atoms with E-state index < -0.39 is 0 Å². The molecule has 0 N–H and O–H groups in total. The normalized spacial score (nSPS) is 31.9. The Morgan fingerprint density at radius 3 is 3.06 bits per heavy atom. The molecule has 0 amide bonds. The van der Waals surface area contributed by atoms with Crippen LogP contribution in [0.2, 0.25) is 0 Å². The Morgan fingerprint density at radius 2 is 2.39 bits per heavy atom. The molecule has 2 aliphatic heterocycles. The zero-order chi connectivity index (χ0) is 12.6. The first-order valence-electron chi connectivity index (χ1n) is 6.20. The lowest BCUT2D eigenvalue weighted by atomic mass is 9.82. The van der Waals surface area contributed by atoms with Crippen molar-refractivity contribution in [2.24, 2.45) is 5.92 Å². The van der Waals surface area contributed by atoms with E-state index in [1.807, 2.05) is 23.9 Å². The van der Waals surface area contributed by atoms with Gasteiger partial charge in [0.05, 0.1) is 14.3 Å². The van der Waals surface area contributed by atoms with Gasteiger partial charge in [0.25, 0.3) is 0 Å². The summed E-state index contributed by atoms with van der Waals surface area (Å²) in [6.07, 6.45) is 2.89. The van der Waals surface area contributed by atoms with Gasteiger partial charge < -0.3 is 4.74 Å². The molecule has 2 saturated heterocycles. The van der Waals surface area contributed by atoms with Crippen LogP contribution in [0.3, 0.4) is 0 Å². The van der Waals surface area contributed by atoms with Gasteiger partial charge in [0.15, 0.2) is 5.78 Å². The lowest BCUT2D eigenvalue weighted by Crippen LogP contribution is -2.41. The zero-order valence-electron chi connectivity index (χ0n) is 9.99. The van der Waals surface area contributed by atoms with E-state index in [1.54, 1.807) is 11.3 Å². The summed E-state index contributed by atoms with van der Waals surface area (Å²) in [5.74, 6) is 2.70. The predicted octanol–water partition coefficient (Wildman–Crippen LogP) is 4.00. The van der Waals surface area contributed by atoms with Gasteiger partial charge in [-0.3, -0.25) is 4.79 Å². The Labute approximate surface area is 124 Å². The number of ketones is 1. The van der Waals surface area contributed by atoms with E-state index in [-0.39, 0.29) is 11.5 Å². The second kappa shape index (κ2) is 5.27. The van der Waals surface area contributed by atoms with Crippen molar-refractivity contribution in [1.82, 2.24) is 0 Å². The number of carbonyl (C=O) groups is 1. The highest BCUT2D eigenvalue weighted by Crippen LogP contribution is 2.41. The number of hydrogen-bond donors (Lipinski definition) is 0. The number of carbonyl (C=O) groups excluding carboxylic acids is 1. The van der Waals surface area contributed by atoms with Gasteiger partial charge in [0, 0.05) is 18.3 Å². The summed E-state index contributed by atoms with van der Waals surface area (Å²) in [4.78, 5) is 13.4. The quantitative estimate of drug-likeness (QED) is 0.757. The van der Waals surface area contributed by atoms with Crippen LogP contribution in [-0.2, 0) is 4.74 Å². The number of halogens is 1. The molecule has 1 aromatic heterocycles. The fraction of sp³-hybridized carbons (Fsp3) is 0.615. The van der Waals surface area contributed by atoms with E-state index in [1.165, 1.54) is 5.75 Å². The van der Waals surface area contributed by atoms with Crippen molar-refractivity contribution in [3.8, 4) is 0 Å². The summed E-state index contributed by atoms with van der Waals surface area (Å²) >= 11 is 6.92. The van der Waals surface area contributed by atoms with Crippen molar-refractivity contribution < 1.29 is 9.53 Å². The van der Waals surface area contributed by atoms with Gasteiger partial charge in [-0.05, 0) is 53.1 Å². The number of thioether (sulfide) groups is 1. The zero-order valence-corrected chi connectivity index (χ0v) is 13.2. The molecule has 2 fully saturated rings. The fourth-order valence-corrected chi connectivity index (χ4v) is 5.55. The second-order valence-electron chi connectivity index (χ2n) is 4.99. The minimum absolute atomic E-state index is 0.00225. The topological polar surface area (TPSA) is 26.3 Å². The first-order chi connectivity index (χ1) is 8.69. The van der Waals surface area contributed by atoms with Crippen molar-refractivity contribution in [3.63, 3.8) is 0 Å². The van der Waals surface area contributed by atoms with Crippen molar-refractivity contribution >= 4 is 44.8 Å². The fourth-order valence-electron chi connectivity index (χ4n) is 2.76. The van der Waals surface area contributed by atoms with Crippen LogP contribution in [0.25, 0.3) is 0 Å². The molecule has 2 atom stereocenters. The molecule has 0 radical (unpaired) electrons. The molecule has 3 rings (SSSR count). The maximum atomic E-state index is 12.5. The van der Waals surface area contributed by atoms with Crippen LogP contribution in [0.4, 0.5) is 0 Å². The Kier molecular flexibility index (Phi) is 3.85. The smallest absolute Gasteiger partial charge is 0.176 e. The minimum atomic E-state index is -0.00225. The molecule has 5 heteroatoms. The summed E-state index contributed by atoms with van der Waals surface area (Å²) < 4.78 is 7.00. The van der Waals surface area contributed by atoms with E-state index in [0.29, 0.717) is 5.78 Å². The maximum absolute atomic E-state index is 12.5. The predicted molar refractivity (Wildman–Crippen MR) is 79.7 cm³/mol. The molecule has 0 bridgehead atoms. The number of thiophene rings is 1. The van der Waals surface area contributed by atoms with Crippen LogP contribution in [0.5, 0.6) is 0 Å². The highest BCUT2D eigenvalue weighted by atomic mass is 79.9. The molecule has 18 heavy (non-hydrogen) atoms. The van der Waals surface area contributed by atoms with Gasteiger partial charge in [0.2, 0.25) is 0 Å². The monoisotopic (exact) mass is 346 g/mol. The molecule has 98 valence electrons. The van der Waals surface area contributed by atoms with Gasteiger partial charge in [0.1, 0.15) is 0 Å². The molecular formula is C13H15BrO2S2. The lowest BCUT2D eigenvalue weighted by Gasteiger charge is -2.37. The van der Waals surface area contributed by atoms with Gasteiger partial charge >= 0.3 is 0 Å². The second-order valence-corrected chi connectivity index (χ2v) is 8.56. The van der Waals surface area contributed by atoms with Crippen molar-refractivity contribution in [2.75, 3.05) is 18.1 Å². The van der Waals surface area contributed by atoms with Crippen LogP contribution in [0.15, 0.2) is 15.9 Å². The van der Waals surface area contributed by atoms with E-state index >= 15 is 0 Å². The molecule has 0 aliphatic carbocycles. The molecule has 1 aromatic rings. The van der Waals surface area contributed by atoms with E-state index in [9.17, 15) is 4.79 Å². The molecule has 1 spiro atoms. The molecule has 2 aliphatic rings. The van der Waals surface area contributed by atoms with Crippen LogP contribution < -0.4 is 0 Å². The van der Waals surface area contributed by atoms with E-state index in [2.05, 4.69) is 15.9 Å². The first kappa shape index (κ1) is 13.2. The van der Waals surface area contributed by atoms with Gasteiger partial charge in [-0.25, -0.2) is 0 Å². The van der Waals surface area contributed by atoms with E-state index in [4.69, 9.17) is 4.74 Å². The van der Waals surface area contributed by atoms with Crippen LogP contribution >= 0.6 is 39.0 Å². The Balaban J connectivity index is 1.74. The SMILES string of the molecule is O=C(c1ccc(Br)s1)C1CCOC2(CCSC2)C1. The minimum Gasteiger partial charge on any atom is -0.374 e. The number of hydrogen-bond acceptors (Lipinski definition) is 4. The maximum Gasteiger partial charge on any atom is 0.176 e. The van der Waals surface area contributed by atoms with Crippen molar-refractivity contribution in [3.05, 3.63) is 20.8 Å². The number of rotatable bonds is 2. The largest absolute Gasteiger partial charge is 0.374 e. The molecule has 0 aromatic carbocycles. The standard InChI is InChI=1S/C13H15BrO2S2/c14-11-2-1-10(18-11)12(15)9-3-5-16-13(7-9)4-6-17-8-13/h1-2,9H,3-8H2. The Hall–Kier alpha value is 0.160. The summed E-state index contributed by atoms with van der Waals surface area (Å²) in [5.41, 5.74) is -0.00225. The third-order valence-electron chi connectivity index (χ3n) is 3.75. The highest BCUT2D eigenvalue weighted by molar-refractivity contribution is 9.11. The summed E-state index contributed by atoms with van der Waals surface area (Å²) in [7, 11) is 0. The Bertz CT molecular complexity index is 452. The van der Waals surface area contributed by atoms with Crippen molar-refractivity contribution in [2.45, 2.75) is 24.9 Å². The average molecular weight is 347 g/mol. The van der Waals surface area contributed by atoms with Gasteiger partial charge in [-0.1, -0.05) is 0 Å². The molecule has 2 nitrogen and oxygen atoms in total. The van der Waals surface area contributed by atoms with Gasteiger partial charge in [-0.2, -0.15) is 11.8 Å². The van der Waals surface area contributed by atoms with Crippen LogP contribution in [0, 0.1) is 5.92 Å².